The molecule has 0 bridgehead atoms. The maximum atomic E-state index is 5.96. The molecule has 0 N–H and O–H groups in total. The number of benzene rings is 2. The summed E-state index contributed by atoms with van der Waals surface area (Å²) in [5, 5.41) is 1.73. The van der Waals surface area contributed by atoms with E-state index in [1.165, 1.54) is 0 Å². The van der Waals surface area contributed by atoms with E-state index in [9.17, 15) is 0 Å². The fraction of sp³-hybridized carbons (Fsp3) is 0. The quantitative estimate of drug-likeness (QED) is 0.585. The first-order valence-electron chi connectivity index (χ1n) is 5.05. The van der Waals surface area contributed by atoms with Gasteiger partial charge in [-0.1, -0.05) is 45.7 Å². The molecule has 4 heteroatoms. The Kier molecular flexibility index (Phi) is 2.90. The molecule has 0 aliphatic heterocycles. The standard InChI is InChI=1S/C13H7BrClNS/c14-10-4-2-1-3-9(10)13-16-11-7-8(15)5-6-12(11)17-13/h1-7H. The number of fused-ring (bicyclic) bond motifs is 1. The second kappa shape index (κ2) is 4.41. The maximum absolute atomic E-state index is 5.96. The molecule has 0 radical (unpaired) electrons. The van der Waals surface area contributed by atoms with Crippen LogP contribution in [0.4, 0.5) is 0 Å². The van der Waals surface area contributed by atoms with E-state index in [1.54, 1.807) is 11.3 Å². The van der Waals surface area contributed by atoms with Crippen LogP contribution in [0.25, 0.3) is 20.8 Å². The molecular formula is C13H7BrClNS. The SMILES string of the molecule is Clc1ccc2sc(-c3ccccc3Br)nc2c1. The van der Waals surface area contributed by atoms with Crippen molar-refractivity contribution in [3.63, 3.8) is 0 Å². The molecule has 1 heterocycles. The van der Waals surface area contributed by atoms with Crippen molar-refractivity contribution in [1.29, 1.82) is 0 Å². The van der Waals surface area contributed by atoms with Crippen LogP contribution in [0.1, 0.15) is 0 Å². The molecule has 0 atom stereocenters. The van der Waals surface area contributed by atoms with Gasteiger partial charge >= 0.3 is 0 Å². The first kappa shape index (κ1) is 11.2. The van der Waals surface area contributed by atoms with Gasteiger partial charge in [-0.3, -0.25) is 0 Å². The lowest BCUT2D eigenvalue weighted by Gasteiger charge is -1.97. The third-order valence-corrected chi connectivity index (χ3v) is 4.45. The Morgan fingerprint density at radius 3 is 2.76 bits per heavy atom. The van der Waals surface area contributed by atoms with Gasteiger partial charge in [0, 0.05) is 15.1 Å². The van der Waals surface area contributed by atoms with E-state index in [0.717, 1.165) is 30.3 Å². The molecule has 84 valence electrons. The van der Waals surface area contributed by atoms with E-state index in [1.807, 2.05) is 36.4 Å². The molecule has 1 aromatic heterocycles. The molecule has 3 rings (SSSR count). The predicted molar refractivity (Wildman–Crippen MR) is 77.8 cm³/mol. The molecular weight excluding hydrogens is 318 g/mol. The van der Waals surface area contributed by atoms with Crippen molar-refractivity contribution in [2.45, 2.75) is 0 Å². The minimum absolute atomic E-state index is 0.724. The molecule has 17 heavy (non-hydrogen) atoms. The molecule has 0 aliphatic carbocycles. The van der Waals surface area contributed by atoms with Gasteiger partial charge in [-0.25, -0.2) is 4.98 Å². The molecule has 0 unspecified atom stereocenters. The molecule has 3 aromatic rings. The van der Waals surface area contributed by atoms with Crippen molar-refractivity contribution in [1.82, 2.24) is 4.98 Å². The highest BCUT2D eigenvalue weighted by Crippen LogP contribution is 2.34. The summed E-state index contributed by atoms with van der Waals surface area (Å²) in [7, 11) is 0. The van der Waals surface area contributed by atoms with Crippen LogP contribution < -0.4 is 0 Å². The largest absolute Gasteiger partial charge is 0.236 e. The highest BCUT2D eigenvalue weighted by Gasteiger charge is 2.08. The summed E-state index contributed by atoms with van der Waals surface area (Å²) in [6, 6.07) is 13.9. The number of aromatic nitrogens is 1. The van der Waals surface area contributed by atoms with Crippen LogP contribution in [0, 0.1) is 0 Å². The second-order valence-corrected chi connectivity index (χ2v) is 5.93. The molecule has 1 nitrogen and oxygen atoms in total. The smallest absolute Gasteiger partial charge is 0.125 e. The third kappa shape index (κ3) is 2.10. The van der Waals surface area contributed by atoms with Crippen LogP contribution in [-0.4, -0.2) is 4.98 Å². The van der Waals surface area contributed by atoms with Crippen LogP contribution in [0.15, 0.2) is 46.9 Å². The van der Waals surface area contributed by atoms with Gasteiger partial charge in [0.25, 0.3) is 0 Å². The van der Waals surface area contributed by atoms with Gasteiger partial charge in [0.15, 0.2) is 0 Å². The van der Waals surface area contributed by atoms with E-state index in [2.05, 4.69) is 27.0 Å². The van der Waals surface area contributed by atoms with E-state index >= 15 is 0 Å². The van der Waals surface area contributed by atoms with E-state index in [0.29, 0.717) is 0 Å². The summed E-state index contributed by atoms with van der Waals surface area (Å²) in [6.45, 7) is 0. The number of thiazole rings is 1. The van der Waals surface area contributed by atoms with Crippen LogP contribution >= 0.6 is 38.9 Å². The zero-order valence-electron chi connectivity index (χ0n) is 8.65. The van der Waals surface area contributed by atoms with Crippen LogP contribution in [0.5, 0.6) is 0 Å². The van der Waals surface area contributed by atoms with Gasteiger partial charge in [-0.15, -0.1) is 11.3 Å². The number of nitrogens with zero attached hydrogens (tertiary/aromatic N) is 1. The Labute approximate surface area is 116 Å². The molecule has 0 saturated heterocycles. The van der Waals surface area contributed by atoms with Crippen molar-refractivity contribution in [3.8, 4) is 10.6 Å². The van der Waals surface area contributed by atoms with Gasteiger partial charge in [0.2, 0.25) is 0 Å². The van der Waals surface area contributed by atoms with Crippen molar-refractivity contribution in [2.24, 2.45) is 0 Å². The van der Waals surface area contributed by atoms with Gasteiger partial charge < -0.3 is 0 Å². The topological polar surface area (TPSA) is 12.9 Å². The summed E-state index contributed by atoms with van der Waals surface area (Å²) in [6.07, 6.45) is 0. The first-order chi connectivity index (χ1) is 8.24. The second-order valence-electron chi connectivity index (χ2n) is 3.61. The summed E-state index contributed by atoms with van der Waals surface area (Å²) < 4.78 is 2.21. The average molecular weight is 325 g/mol. The van der Waals surface area contributed by atoms with E-state index in [4.69, 9.17) is 11.6 Å². The normalized spacial score (nSPS) is 10.9. The van der Waals surface area contributed by atoms with Crippen molar-refractivity contribution >= 4 is 49.1 Å². The summed E-state index contributed by atoms with van der Waals surface area (Å²) >= 11 is 11.2. The number of rotatable bonds is 1. The minimum atomic E-state index is 0.724. The lowest BCUT2D eigenvalue weighted by atomic mass is 10.2. The van der Waals surface area contributed by atoms with Crippen LogP contribution in [0.2, 0.25) is 5.02 Å². The number of hydrogen-bond donors (Lipinski definition) is 0. The van der Waals surface area contributed by atoms with Gasteiger partial charge in [0.05, 0.1) is 10.2 Å². The highest BCUT2D eigenvalue weighted by atomic mass is 79.9. The average Bonchev–Trinajstić information content (AvgIpc) is 2.72. The van der Waals surface area contributed by atoms with Crippen molar-refractivity contribution in [3.05, 3.63) is 52.0 Å². The zero-order chi connectivity index (χ0) is 11.8. The van der Waals surface area contributed by atoms with E-state index in [-0.39, 0.29) is 0 Å². The first-order valence-corrected chi connectivity index (χ1v) is 7.04. The predicted octanol–water partition coefficient (Wildman–Crippen LogP) is 5.38. The van der Waals surface area contributed by atoms with Crippen LogP contribution in [-0.2, 0) is 0 Å². The van der Waals surface area contributed by atoms with Gasteiger partial charge in [-0.2, -0.15) is 0 Å². The Morgan fingerprint density at radius 2 is 1.94 bits per heavy atom. The van der Waals surface area contributed by atoms with Crippen LogP contribution in [0.3, 0.4) is 0 Å². The zero-order valence-corrected chi connectivity index (χ0v) is 11.8. The molecule has 0 saturated carbocycles. The summed E-state index contributed by atoms with van der Waals surface area (Å²) in [5.41, 5.74) is 2.07. The molecule has 2 aromatic carbocycles. The molecule has 0 fully saturated rings. The highest BCUT2D eigenvalue weighted by molar-refractivity contribution is 9.10. The molecule has 0 spiro atoms. The van der Waals surface area contributed by atoms with E-state index < -0.39 is 0 Å². The number of halogens is 2. The summed E-state index contributed by atoms with van der Waals surface area (Å²) in [5.74, 6) is 0. The minimum Gasteiger partial charge on any atom is -0.236 e. The van der Waals surface area contributed by atoms with Gasteiger partial charge in [0.1, 0.15) is 5.01 Å². The lowest BCUT2D eigenvalue weighted by molar-refractivity contribution is 1.46. The third-order valence-electron chi connectivity index (χ3n) is 2.45. The molecule has 0 amide bonds. The monoisotopic (exact) mass is 323 g/mol. The fourth-order valence-electron chi connectivity index (χ4n) is 1.65. The number of hydrogen-bond acceptors (Lipinski definition) is 2. The summed E-state index contributed by atoms with van der Waals surface area (Å²) in [4.78, 5) is 4.61. The Bertz CT molecular complexity index is 693. The molecule has 0 aliphatic rings. The van der Waals surface area contributed by atoms with Gasteiger partial charge in [-0.05, 0) is 24.3 Å². The Morgan fingerprint density at radius 1 is 1.12 bits per heavy atom. The van der Waals surface area contributed by atoms with Crippen molar-refractivity contribution < 1.29 is 0 Å². The lowest BCUT2D eigenvalue weighted by Crippen LogP contribution is -1.76. The fourth-order valence-corrected chi connectivity index (χ4v) is 3.41. The maximum Gasteiger partial charge on any atom is 0.125 e. The van der Waals surface area contributed by atoms with Crippen molar-refractivity contribution in [2.75, 3.05) is 0 Å². The Balaban J connectivity index is 2.22. The Hall–Kier alpha value is -0.900.